The second-order valence-electron chi connectivity index (χ2n) is 10.9. The molecule has 9 rings (SSSR count). The summed E-state index contributed by atoms with van der Waals surface area (Å²) in [7, 11) is 0. The van der Waals surface area contributed by atoms with E-state index < -0.39 is 0 Å². The van der Waals surface area contributed by atoms with Crippen LogP contribution in [-0.2, 0) is 0 Å². The summed E-state index contributed by atoms with van der Waals surface area (Å²) >= 11 is 0. The van der Waals surface area contributed by atoms with Crippen LogP contribution in [0, 0.1) is 0 Å². The molecule has 0 saturated carbocycles. The van der Waals surface area contributed by atoms with Crippen LogP contribution in [-0.4, -0.2) is 47.9 Å². The molecule has 0 fully saturated rings. The second-order valence-corrected chi connectivity index (χ2v) is 10.9. The van der Waals surface area contributed by atoms with E-state index in [2.05, 4.69) is 104 Å². The lowest BCUT2D eigenvalue weighted by Crippen LogP contribution is -2.10. The molecule has 7 heterocycles. The number of nitrogens with zero attached hydrogens (tertiary/aromatic N) is 7. The van der Waals surface area contributed by atoms with Crippen LogP contribution < -0.4 is 5.32 Å². The lowest BCUT2D eigenvalue weighted by Gasteiger charge is -2.15. The van der Waals surface area contributed by atoms with Crippen molar-refractivity contribution in [3.8, 4) is 22.8 Å². The highest BCUT2D eigenvalue weighted by molar-refractivity contribution is 6.10. The summed E-state index contributed by atoms with van der Waals surface area (Å²) in [5.74, 6) is 0. The second kappa shape index (κ2) is 9.84. The first kappa shape index (κ1) is 24.7. The van der Waals surface area contributed by atoms with Gasteiger partial charge in [-0.25, -0.2) is 15.0 Å². The molecule has 0 amide bonds. The highest BCUT2D eigenvalue weighted by Crippen LogP contribution is 2.39. The number of rotatable bonds is 4. The number of allylic oxidation sites excluding steroid dienone is 1. The molecule has 0 unspecified atom stereocenters. The number of hydrogen-bond donors (Lipinski definition) is 1. The van der Waals surface area contributed by atoms with Crippen molar-refractivity contribution < 1.29 is 0 Å². The number of fused-ring (bicyclic) bond motifs is 6. The number of aliphatic imine (C=N–C) groups is 1. The molecule has 7 aromatic rings. The topological polar surface area (TPSA) is 85.8 Å². The molecule has 0 aliphatic carbocycles. The third-order valence-electron chi connectivity index (χ3n) is 8.22. The van der Waals surface area contributed by atoms with E-state index in [1.54, 1.807) is 6.20 Å². The van der Waals surface area contributed by atoms with Gasteiger partial charge in [0, 0.05) is 30.4 Å². The van der Waals surface area contributed by atoms with Gasteiger partial charge in [-0.2, -0.15) is 0 Å². The van der Waals surface area contributed by atoms with E-state index in [0.29, 0.717) is 0 Å². The summed E-state index contributed by atoms with van der Waals surface area (Å²) in [6.45, 7) is 1.47. The molecule has 1 N–H and O–H groups in total. The Morgan fingerprint density at radius 3 is 2.34 bits per heavy atom. The molecular formula is C36H26N8. The molecule has 0 bridgehead atoms. The van der Waals surface area contributed by atoms with E-state index in [4.69, 9.17) is 19.9 Å². The maximum absolute atomic E-state index is 5.40. The van der Waals surface area contributed by atoms with Gasteiger partial charge in [-0.15, -0.1) is 0 Å². The Morgan fingerprint density at radius 2 is 1.48 bits per heavy atom. The molecule has 0 radical (unpaired) electrons. The van der Waals surface area contributed by atoms with Gasteiger partial charge in [0.15, 0.2) is 11.3 Å². The summed E-state index contributed by atoms with van der Waals surface area (Å²) in [6.07, 6.45) is 11.2. The molecule has 8 heteroatoms. The third-order valence-corrected chi connectivity index (χ3v) is 8.22. The molecule has 0 saturated heterocycles. The van der Waals surface area contributed by atoms with Crippen LogP contribution in [0.15, 0.2) is 114 Å². The van der Waals surface area contributed by atoms with E-state index in [0.717, 1.165) is 98.3 Å². The zero-order valence-corrected chi connectivity index (χ0v) is 23.7. The fourth-order valence-corrected chi connectivity index (χ4v) is 6.27. The van der Waals surface area contributed by atoms with Crippen molar-refractivity contribution in [3.63, 3.8) is 0 Å². The normalized spacial score (nSPS) is 14.2. The predicted molar refractivity (Wildman–Crippen MR) is 177 cm³/mol. The minimum absolute atomic E-state index is 0.718. The molecule has 2 aromatic carbocycles. The van der Waals surface area contributed by atoms with Crippen LogP contribution in [0.3, 0.4) is 0 Å². The monoisotopic (exact) mass is 570 g/mol. The Bertz CT molecular complexity index is 2330. The van der Waals surface area contributed by atoms with Gasteiger partial charge < -0.3 is 5.32 Å². The van der Waals surface area contributed by atoms with Crippen molar-refractivity contribution >= 4 is 50.7 Å². The van der Waals surface area contributed by atoms with Gasteiger partial charge in [-0.05, 0) is 61.0 Å². The number of dihydropyridines is 1. The van der Waals surface area contributed by atoms with Crippen LogP contribution in [0.5, 0.6) is 0 Å². The largest absolute Gasteiger partial charge is 0.378 e. The summed E-state index contributed by atoms with van der Waals surface area (Å²) in [5, 5.41) is 4.65. The molecule has 0 spiro atoms. The first-order valence-corrected chi connectivity index (χ1v) is 14.8. The smallest absolute Gasteiger partial charge is 0.166 e. The molecule has 44 heavy (non-hydrogen) atoms. The Balaban J connectivity index is 1.37. The van der Waals surface area contributed by atoms with Crippen LogP contribution in [0.1, 0.15) is 17.8 Å². The Labute approximate surface area is 252 Å². The fourth-order valence-electron chi connectivity index (χ4n) is 6.27. The van der Waals surface area contributed by atoms with E-state index >= 15 is 0 Å². The third kappa shape index (κ3) is 3.81. The maximum atomic E-state index is 5.40. The Hall–Kier alpha value is -5.89. The average Bonchev–Trinajstić information content (AvgIpc) is 3.60. The van der Waals surface area contributed by atoms with Gasteiger partial charge >= 0.3 is 0 Å². The van der Waals surface area contributed by atoms with Crippen LogP contribution in [0.2, 0.25) is 0 Å². The standard InChI is InChI=1S/C36H26N8/c1-2-11-23(12-3-1)43-30-16-5-4-13-25(30)32-35(43)42-34-33-31(17-10-20-39-33)44(36(34)41-32)24-21-28(26-14-6-8-18-37-26)40-29(22-24)27-15-7-9-19-38-27/h1-8,10-18,21-22,39H,9,19-20H2. The van der Waals surface area contributed by atoms with E-state index in [-0.39, 0.29) is 0 Å². The lowest BCUT2D eigenvalue weighted by atomic mass is 10.1. The van der Waals surface area contributed by atoms with Gasteiger partial charge in [0.2, 0.25) is 0 Å². The van der Waals surface area contributed by atoms with Crippen molar-refractivity contribution in [3.05, 3.63) is 121 Å². The van der Waals surface area contributed by atoms with Crippen LogP contribution >= 0.6 is 0 Å². The van der Waals surface area contributed by atoms with E-state index in [1.807, 2.05) is 24.3 Å². The van der Waals surface area contributed by atoms with Gasteiger partial charge in [0.05, 0.1) is 45.4 Å². The summed E-state index contributed by atoms with van der Waals surface area (Å²) in [4.78, 5) is 25.2. The highest BCUT2D eigenvalue weighted by atomic mass is 15.2. The zero-order chi connectivity index (χ0) is 29.0. The Kier molecular flexibility index (Phi) is 5.52. The average molecular weight is 571 g/mol. The SMILES string of the molecule is C1=CC(c2cc(-n3c4c(c5nc6c(nc53)c3ccccc3n6-c3ccccc3)NCC=C4)cc(-c3ccccn3)n2)=NCC1. The van der Waals surface area contributed by atoms with Crippen molar-refractivity contribution in [1.29, 1.82) is 0 Å². The van der Waals surface area contributed by atoms with Crippen molar-refractivity contribution in [1.82, 2.24) is 29.1 Å². The quantitative estimate of drug-likeness (QED) is 0.243. The van der Waals surface area contributed by atoms with Crippen molar-refractivity contribution in [2.24, 2.45) is 4.99 Å². The Morgan fingerprint density at radius 1 is 0.659 bits per heavy atom. The van der Waals surface area contributed by atoms with E-state index in [9.17, 15) is 0 Å². The van der Waals surface area contributed by atoms with Gasteiger partial charge in [-0.1, -0.05) is 54.6 Å². The summed E-state index contributed by atoms with van der Waals surface area (Å²) < 4.78 is 4.40. The van der Waals surface area contributed by atoms with Gasteiger partial charge in [0.25, 0.3) is 0 Å². The summed E-state index contributed by atoms with van der Waals surface area (Å²) in [5.41, 5.74) is 11.6. The molecule has 2 aliphatic heterocycles. The number of anilines is 1. The number of benzene rings is 2. The lowest BCUT2D eigenvalue weighted by molar-refractivity contribution is 0.989. The molecular weight excluding hydrogens is 544 g/mol. The zero-order valence-electron chi connectivity index (χ0n) is 23.7. The maximum Gasteiger partial charge on any atom is 0.166 e. The fraction of sp³-hybridized carbons (Fsp3) is 0.0833. The van der Waals surface area contributed by atoms with Crippen LogP contribution in [0.4, 0.5) is 5.69 Å². The number of para-hydroxylation sites is 2. The number of hydrogen-bond acceptors (Lipinski definition) is 6. The van der Waals surface area contributed by atoms with Crippen LogP contribution in [0.25, 0.3) is 62.1 Å². The van der Waals surface area contributed by atoms with Gasteiger partial charge in [0.1, 0.15) is 11.0 Å². The molecule has 210 valence electrons. The summed E-state index contributed by atoms with van der Waals surface area (Å²) in [6, 6.07) is 28.8. The number of pyridine rings is 2. The minimum Gasteiger partial charge on any atom is -0.378 e. The number of nitrogens with one attached hydrogen (secondary N) is 1. The number of aromatic nitrogens is 6. The van der Waals surface area contributed by atoms with Crippen molar-refractivity contribution in [2.75, 3.05) is 18.4 Å². The van der Waals surface area contributed by atoms with Crippen molar-refractivity contribution in [2.45, 2.75) is 6.42 Å². The first-order chi connectivity index (χ1) is 21.8. The highest BCUT2D eigenvalue weighted by Gasteiger charge is 2.25. The predicted octanol–water partition coefficient (Wildman–Crippen LogP) is 7.16. The molecule has 2 aliphatic rings. The minimum atomic E-state index is 0.718. The first-order valence-electron chi connectivity index (χ1n) is 14.8. The van der Waals surface area contributed by atoms with E-state index in [1.165, 1.54) is 0 Å². The molecule has 5 aromatic heterocycles. The molecule has 0 atom stereocenters. The molecule has 8 nitrogen and oxygen atoms in total. The van der Waals surface area contributed by atoms with Gasteiger partial charge in [-0.3, -0.25) is 19.1 Å².